The van der Waals surface area contributed by atoms with E-state index >= 15 is 0 Å². The van der Waals surface area contributed by atoms with Gasteiger partial charge in [0.05, 0.1) is 19.3 Å². The summed E-state index contributed by atoms with van der Waals surface area (Å²) in [6.07, 6.45) is 2.51. The van der Waals surface area contributed by atoms with Crippen molar-refractivity contribution in [2.24, 2.45) is 10.4 Å². The first-order valence-corrected chi connectivity index (χ1v) is 9.04. The van der Waals surface area contributed by atoms with Crippen LogP contribution in [0, 0.1) is 5.41 Å². The van der Waals surface area contributed by atoms with Crippen LogP contribution in [0.15, 0.2) is 35.3 Å². The van der Waals surface area contributed by atoms with E-state index in [9.17, 15) is 5.11 Å². The van der Waals surface area contributed by atoms with Crippen LogP contribution in [0.2, 0.25) is 0 Å². The Kier molecular flexibility index (Phi) is 7.96. The van der Waals surface area contributed by atoms with E-state index in [2.05, 4.69) is 22.1 Å². The number of rotatable bonds is 5. The van der Waals surface area contributed by atoms with Gasteiger partial charge >= 0.3 is 0 Å². The summed E-state index contributed by atoms with van der Waals surface area (Å²) in [5.74, 6) is 0.924. The standard InChI is InChI=1S/C19H29N3O2.HI/c1-2-20-18(22-10-8-19(14-22)9-11-24-15-19)21-13-17(23)12-16-6-4-3-5-7-16;/h3-7,17,23H,2,8-15H2,1H3,(H,20,21);1H. The summed E-state index contributed by atoms with van der Waals surface area (Å²) in [5.41, 5.74) is 1.46. The molecular formula is C19H30IN3O2. The molecule has 2 fully saturated rings. The van der Waals surface area contributed by atoms with Gasteiger partial charge in [0.2, 0.25) is 0 Å². The van der Waals surface area contributed by atoms with Crippen LogP contribution in [-0.2, 0) is 11.2 Å². The monoisotopic (exact) mass is 459 g/mol. The lowest BCUT2D eigenvalue weighted by Gasteiger charge is -2.25. The molecule has 2 saturated heterocycles. The fraction of sp³-hybridized carbons (Fsp3) is 0.632. The van der Waals surface area contributed by atoms with Crippen molar-refractivity contribution >= 4 is 29.9 Å². The van der Waals surface area contributed by atoms with Crippen LogP contribution in [0.1, 0.15) is 25.3 Å². The van der Waals surface area contributed by atoms with E-state index in [0.29, 0.717) is 18.4 Å². The van der Waals surface area contributed by atoms with Gasteiger partial charge < -0.3 is 20.1 Å². The molecule has 0 bridgehead atoms. The van der Waals surface area contributed by atoms with Gasteiger partial charge in [-0.25, -0.2) is 0 Å². The first-order chi connectivity index (χ1) is 11.7. The van der Waals surface area contributed by atoms with Crippen molar-refractivity contribution in [3.05, 3.63) is 35.9 Å². The topological polar surface area (TPSA) is 57.1 Å². The highest BCUT2D eigenvalue weighted by Gasteiger charge is 2.42. The number of hydrogen-bond acceptors (Lipinski definition) is 3. The Balaban J connectivity index is 0.00000225. The van der Waals surface area contributed by atoms with Crippen molar-refractivity contribution in [3.63, 3.8) is 0 Å². The van der Waals surface area contributed by atoms with Crippen molar-refractivity contribution in [1.29, 1.82) is 0 Å². The molecule has 2 atom stereocenters. The van der Waals surface area contributed by atoms with Gasteiger partial charge in [0.15, 0.2) is 5.96 Å². The molecule has 2 N–H and O–H groups in total. The van der Waals surface area contributed by atoms with Crippen LogP contribution in [0.5, 0.6) is 0 Å². The molecule has 2 aliphatic rings. The number of halogens is 1. The number of aliphatic hydroxyl groups excluding tert-OH is 1. The summed E-state index contributed by atoms with van der Waals surface area (Å²) in [7, 11) is 0. The molecule has 1 spiro atoms. The maximum Gasteiger partial charge on any atom is 0.194 e. The zero-order valence-corrected chi connectivity index (χ0v) is 17.3. The second-order valence-corrected chi connectivity index (χ2v) is 7.01. The lowest BCUT2D eigenvalue weighted by molar-refractivity contribution is 0.156. The molecule has 2 aliphatic heterocycles. The second kappa shape index (κ2) is 9.73. The quantitative estimate of drug-likeness (QED) is 0.403. The molecule has 25 heavy (non-hydrogen) atoms. The average Bonchev–Trinajstić information content (AvgIpc) is 3.23. The van der Waals surface area contributed by atoms with Crippen LogP contribution in [-0.4, -0.2) is 61.5 Å². The van der Waals surface area contributed by atoms with Gasteiger partial charge in [-0.2, -0.15) is 0 Å². The van der Waals surface area contributed by atoms with Crippen molar-refractivity contribution in [2.75, 3.05) is 39.4 Å². The Morgan fingerprint density at radius 1 is 1.36 bits per heavy atom. The molecule has 0 amide bonds. The zero-order valence-electron chi connectivity index (χ0n) is 15.0. The SMILES string of the molecule is CCNC(=NCC(O)Cc1ccccc1)N1CCC2(CCOC2)C1.I. The largest absolute Gasteiger partial charge is 0.391 e. The summed E-state index contributed by atoms with van der Waals surface area (Å²) in [6.45, 7) is 7.14. The first-order valence-electron chi connectivity index (χ1n) is 9.04. The van der Waals surface area contributed by atoms with E-state index in [4.69, 9.17) is 4.74 Å². The summed E-state index contributed by atoms with van der Waals surface area (Å²) in [5, 5.41) is 13.7. The third kappa shape index (κ3) is 5.56. The Labute approximate surface area is 167 Å². The van der Waals surface area contributed by atoms with Crippen LogP contribution in [0.3, 0.4) is 0 Å². The number of hydrogen-bond donors (Lipinski definition) is 2. The van der Waals surface area contributed by atoms with Crippen LogP contribution < -0.4 is 5.32 Å². The van der Waals surface area contributed by atoms with Gasteiger partial charge in [0.1, 0.15) is 0 Å². The Hall–Kier alpha value is -0.860. The molecule has 6 heteroatoms. The van der Waals surface area contributed by atoms with Crippen molar-refractivity contribution in [2.45, 2.75) is 32.3 Å². The molecule has 0 aromatic heterocycles. The highest BCUT2D eigenvalue weighted by Crippen LogP contribution is 2.38. The number of benzene rings is 1. The summed E-state index contributed by atoms with van der Waals surface area (Å²) in [4.78, 5) is 7.01. The van der Waals surface area contributed by atoms with E-state index < -0.39 is 6.10 Å². The molecule has 1 aromatic rings. The van der Waals surface area contributed by atoms with E-state index in [1.165, 1.54) is 6.42 Å². The Morgan fingerprint density at radius 2 is 2.16 bits per heavy atom. The first kappa shape index (κ1) is 20.5. The minimum atomic E-state index is -0.451. The third-order valence-corrected chi connectivity index (χ3v) is 5.02. The molecule has 0 aliphatic carbocycles. The Morgan fingerprint density at radius 3 is 2.84 bits per heavy atom. The fourth-order valence-electron chi connectivity index (χ4n) is 3.66. The van der Waals surface area contributed by atoms with Crippen molar-refractivity contribution in [3.8, 4) is 0 Å². The minimum absolute atomic E-state index is 0. The van der Waals surface area contributed by atoms with Crippen LogP contribution >= 0.6 is 24.0 Å². The molecule has 5 nitrogen and oxygen atoms in total. The van der Waals surface area contributed by atoms with Gasteiger partial charge in [-0.1, -0.05) is 30.3 Å². The molecule has 1 aromatic carbocycles. The van der Waals surface area contributed by atoms with Gasteiger partial charge in [-0.3, -0.25) is 4.99 Å². The van der Waals surface area contributed by atoms with E-state index in [0.717, 1.165) is 50.8 Å². The molecule has 0 radical (unpaired) electrons. The van der Waals surface area contributed by atoms with E-state index in [1.807, 2.05) is 30.3 Å². The lowest BCUT2D eigenvalue weighted by Crippen LogP contribution is -2.42. The number of aliphatic imine (C=N–C) groups is 1. The molecule has 3 rings (SSSR count). The third-order valence-electron chi connectivity index (χ3n) is 5.02. The second-order valence-electron chi connectivity index (χ2n) is 7.01. The normalized spacial score (nSPS) is 24.4. The van der Waals surface area contributed by atoms with Gasteiger partial charge in [-0.15, -0.1) is 24.0 Å². The lowest BCUT2D eigenvalue weighted by atomic mass is 9.87. The maximum absolute atomic E-state index is 10.3. The smallest absolute Gasteiger partial charge is 0.194 e. The maximum atomic E-state index is 10.3. The highest BCUT2D eigenvalue weighted by molar-refractivity contribution is 14.0. The molecule has 0 saturated carbocycles. The summed E-state index contributed by atoms with van der Waals surface area (Å²) < 4.78 is 5.61. The number of nitrogens with zero attached hydrogens (tertiary/aromatic N) is 2. The highest BCUT2D eigenvalue weighted by atomic mass is 127. The van der Waals surface area contributed by atoms with Crippen LogP contribution in [0.4, 0.5) is 0 Å². The van der Waals surface area contributed by atoms with E-state index in [-0.39, 0.29) is 24.0 Å². The molecular weight excluding hydrogens is 429 g/mol. The van der Waals surface area contributed by atoms with Crippen molar-refractivity contribution in [1.82, 2.24) is 10.2 Å². The zero-order chi connectivity index (χ0) is 16.8. The Bertz CT molecular complexity index is 547. The predicted octanol–water partition coefficient (Wildman–Crippen LogP) is 2.29. The average molecular weight is 459 g/mol. The van der Waals surface area contributed by atoms with Gasteiger partial charge in [0, 0.05) is 38.1 Å². The van der Waals surface area contributed by atoms with E-state index in [1.54, 1.807) is 0 Å². The number of nitrogens with one attached hydrogen (secondary N) is 1. The number of ether oxygens (including phenoxy) is 1. The molecule has 140 valence electrons. The summed E-state index contributed by atoms with van der Waals surface area (Å²) >= 11 is 0. The molecule has 2 heterocycles. The van der Waals surface area contributed by atoms with Crippen molar-refractivity contribution < 1.29 is 9.84 Å². The van der Waals surface area contributed by atoms with Gasteiger partial charge in [-0.05, 0) is 25.3 Å². The van der Waals surface area contributed by atoms with Gasteiger partial charge in [0.25, 0.3) is 0 Å². The number of aliphatic hydroxyl groups is 1. The number of likely N-dealkylation sites (tertiary alicyclic amines) is 1. The van der Waals surface area contributed by atoms with Crippen LogP contribution in [0.25, 0.3) is 0 Å². The summed E-state index contributed by atoms with van der Waals surface area (Å²) in [6, 6.07) is 10.1. The fourth-order valence-corrected chi connectivity index (χ4v) is 3.66. The minimum Gasteiger partial charge on any atom is -0.391 e. The molecule has 2 unspecified atom stereocenters. The predicted molar refractivity (Wildman–Crippen MR) is 112 cm³/mol. The number of guanidine groups is 1.